The molecule has 2 saturated carbocycles. The highest BCUT2D eigenvalue weighted by molar-refractivity contribution is 6.38. The van der Waals surface area contributed by atoms with Gasteiger partial charge in [0.25, 0.3) is 0 Å². The van der Waals surface area contributed by atoms with Crippen LogP contribution >= 0.6 is 11.6 Å². The topological polar surface area (TPSA) is 75.5 Å². The zero-order valence-electron chi connectivity index (χ0n) is 21.0. The van der Waals surface area contributed by atoms with E-state index in [1.165, 1.54) is 12.8 Å². The van der Waals surface area contributed by atoms with Crippen molar-refractivity contribution in [3.63, 3.8) is 0 Å². The van der Waals surface area contributed by atoms with Crippen LogP contribution in [0.1, 0.15) is 44.2 Å². The molecular formula is C29H27ClFN7. The Labute approximate surface area is 224 Å². The van der Waals surface area contributed by atoms with Gasteiger partial charge in [0.2, 0.25) is 5.65 Å². The highest BCUT2D eigenvalue weighted by Crippen LogP contribution is 2.65. The SMILES string of the molecule is CC[C@]1(c2ccccc2F)[C@@H]2CCN(c3cnc4c(-c5ccc6nn(C7CC7)cc6c5Cl)[nH]nc4n3)C[C@@H]21. The third-order valence-electron chi connectivity index (χ3n) is 9.19. The molecule has 0 radical (unpaired) electrons. The Morgan fingerprint density at radius 2 is 2.00 bits per heavy atom. The largest absolute Gasteiger partial charge is 0.355 e. The van der Waals surface area contributed by atoms with Crippen LogP contribution < -0.4 is 4.90 Å². The van der Waals surface area contributed by atoms with Gasteiger partial charge in [0, 0.05) is 35.7 Å². The summed E-state index contributed by atoms with van der Waals surface area (Å²) in [5.41, 5.74) is 4.54. The van der Waals surface area contributed by atoms with Crippen LogP contribution in [0.2, 0.25) is 5.02 Å². The maximum Gasteiger partial charge on any atom is 0.202 e. The van der Waals surface area contributed by atoms with E-state index < -0.39 is 0 Å². The third kappa shape index (κ3) is 3.13. The molecule has 2 aromatic carbocycles. The van der Waals surface area contributed by atoms with Gasteiger partial charge in [-0.1, -0.05) is 36.7 Å². The minimum Gasteiger partial charge on any atom is -0.355 e. The molecule has 3 aliphatic rings. The second-order valence-electron chi connectivity index (χ2n) is 11.0. The monoisotopic (exact) mass is 527 g/mol. The van der Waals surface area contributed by atoms with Crippen molar-refractivity contribution in [3.05, 3.63) is 65.2 Å². The molecule has 2 aliphatic carbocycles. The first kappa shape index (κ1) is 22.5. The first-order valence-corrected chi connectivity index (χ1v) is 13.8. The summed E-state index contributed by atoms with van der Waals surface area (Å²) in [4.78, 5) is 11.9. The lowest BCUT2D eigenvalue weighted by Gasteiger charge is -2.26. The van der Waals surface area contributed by atoms with E-state index in [1.807, 2.05) is 41.3 Å². The lowest BCUT2D eigenvalue weighted by molar-refractivity contribution is 0.516. The van der Waals surface area contributed by atoms with Crippen LogP contribution in [-0.4, -0.2) is 43.0 Å². The molecule has 0 unspecified atom stereocenters. The first-order chi connectivity index (χ1) is 18.6. The van der Waals surface area contributed by atoms with Crippen LogP contribution in [0.4, 0.5) is 10.2 Å². The fraction of sp³-hybridized carbons (Fsp3) is 0.379. The zero-order chi connectivity index (χ0) is 25.6. The number of halogens is 2. The number of fused-ring (bicyclic) bond motifs is 3. The van der Waals surface area contributed by atoms with E-state index in [0.29, 0.717) is 34.1 Å². The lowest BCUT2D eigenvalue weighted by atomic mass is 9.88. The van der Waals surface area contributed by atoms with Crippen molar-refractivity contribution in [1.29, 1.82) is 0 Å². The normalized spacial score (nSPS) is 24.8. The predicted molar refractivity (Wildman–Crippen MR) is 146 cm³/mol. The number of piperidine rings is 1. The number of H-pyrrole nitrogens is 1. The fourth-order valence-electron chi connectivity index (χ4n) is 7.06. The third-order valence-corrected chi connectivity index (χ3v) is 9.60. The smallest absolute Gasteiger partial charge is 0.202 e. The maximum atomic E-state index is 14.8. The van der Waals surface area contributed by atoms with Gasteiger partial charge in [0.05, 0.1) is 28.5 Å². The molecule has 0 bridgehead atoms. The number of aromatic nitrogens is 6. The van der Waals surface area contributed by atoms with Crippen LogP contribution in [0, 0.1) is 17.7 Å². The number of benzene rings is 2. The van der Waals surface area contributed by atoms with Crippen molar-refractivity contribution in [2.75, 3.05) is 18.0 Å². The van der Waals surface area contributed by atoms with Crippen molar-refractivity contribution in [2.24, 2.45) is 11.8 Å². The van der Waals surface area contributed by atoms with E-state index in [2.05, 4.69) is 27.1 Å². The Balaban J connectivity index is 1.10. The number of nitrogens with one attached hydrogen (secondary N) is 1. The number of hydrogen-bond donors (Lipinski definition) is 1. The number of aromatic amines is 1. The van der Waals surface area contributed by atoms with Gasteiger partial charge in [-0.3, -0.25) is 9.78 Å². The molecule has 3 atom stereocenters. The fourth-order valence-corrected chi connectivity index (χ4v) is 7.37. The Kier molecular flexibility index (Phi) is 4.72. The summed E-state index contributed by atoms with van der Waals surface area (Å²) >= 11 is 6.86. The number of hydrogen-bond acceptors (Lipinski definition) is 5. The molecule has 9 heteroatoms. The maximum absolute atomic E-state index is 14.8. The molecular weight excluding hydrogens is 501 g/mol. The summed E-state index contributed by atoms with van der Waals surface area (Å²) in [7, 11) is 0. The summed E-state index contributed by atoms with van der Waals surface area (Å²) in [6.45, 7) is 3.91. The van der Waals surface area contributed by atoms with Crippen molar-refractivity contribution >= 4 is 39.5 Å². The van der Waals surface area contributed by atoms with Gasteiger partial charge in [-0.15, -0.1) is 0 Å². The predicted octanol–water partition coefficient (Wildman–Crippen LogP) is 6.30. The van der Waals surface area contributed by atoms with Crippen LogP contribution in [0.15, 0.2) is 48.8 Å². The highest BCUT2D eigenvalue weighted by Gasteiger charge is 2.65. The quantitative estimate of drug-likeness (QED) is 0.290. The molecule has 3 fully saturated rings. The molecule has 0 spiro atoms. The molecule has 7 nitrogen and oxygen atoms in total. The Hall–Kier alpha value is -3.52. The van der Waals surface area contributed by atoms with E-state index in [0.717, 1.165) is 59.5 Å². The molecule has 8 rings (SSSR count). The van der Waals surface area contributed by atoms with Gasteiger partial charge in [-0.25, -0.2) is 14.4 Å². The summed E-state index contributed by atoms with van der Waals surface area (Å²) in [6, 6.07) is 11.8. The standard InChI is InChI=1S/C29H27ClFN7/c1-2-29(20-5-3-4-6-22(20)31)19-11-12-37(15-21(19)29)24-13-32-27-26(34-35-28(27)33-24)17-9-10-23-18(25(17)30)14-38(36-23)16-7-8-16/h3-6,9-10,13-14,16,19,21H,2,7-8,11-12,15H2,1H3,(H,33,34,35)/t19-,21+,29-/m1/s1. The number of nitrogens with zero attached hydrogens (tertiary/aromatic N) is 6. The van der Waals surface area contributed by atoms with Crippen molar-refractivity contribution < 1.29 is 4.39 Å². The summed E-state index contributed by atoms with van der Waals surface area (Å²) in [5.74, 6) is 1.65. The van der Waals surface area contributed by atoms with Crippen molar-refractivity contribution in [2.45, 2.75) is 44.1 Å². The molecule has 0 amide bonds. The summed E-state index contributed by atoms with van der Waals surface area (Å²) in [6.07, 6.45) is 8.17. The molecule has 3 aromatic heterocycles. The minimum absolute atomic E-state index is 0.0835. The van der Waals surface area contributed by atoms with E-state index in [9.17, 15) is 4.39 Å². The number of rotatable bonds is 5. The first-order valence-electron chi connectivity index (χ1n) is 13.5. The van der Waals surface area contributed by atoms with Crippen LogP contribution in [0.3, 0.4) is 0 Å². The average Bonchev–Trinajstić information content (AvgIpc) is 3.80. The highest BCUT2D eigenvalue weighted by atomic mass is 35.5. The molecule has 192 valence electrons. The van der Waals surface area contributed by atoms with E-state index in [4.69, 9.17) is 21.6 Å². The van der Waals surface area contributed by atoms with Gasteiger partial charge in [0.15, 0.2) is 0 Å². The van der Waals surface area contributed by atoms with E-state index in [-0.39, 0.29) is 11.2 Å². The van der Waals surface area contributed by atoms with Crippen LogP contribution in [0.25, 0.3) is 33.3 Å². The van der Waals surface area contributed by atoms with E-state index in [1.54, 1.807) is 12.1 Å². The van der Waals surface area contributed by atoms with Gasteiger partial charge < -0.3 is 4.90 Å². The molecule has 38 heavy (non-hydrogen) atoms. The Morgan fingerprint density at radius 3 is 2.82 bits per heavy atom. The summed E-state index contributed by atoms with van der Waals surface area (Å²) in [5, 5.41) is 13.9. The van der Waals surface area contributed by atoms with Crippen LogP contribution in [0.5, 0.6) is 0 Å². The van der Waals surface area contributed by atoms with Gasteiger partial charge >= 0.3 is 0 Å². The number of anilines is 1. The van der Waals surface area contributed by atoms with Gasteiger partial charge in [0.1, 0.15) is 17.2 Å². The molecule has 5 aromatic rings. The average molecular weight is 528 g/mol. The Bertz CT molecular complexity index is 1720. The van der Waals surface area contributed by atoms with Crippen molar-refractivity contribution in [1.82, 2.24) is 29.9 Å². The molecule has 1 aliphatic heterocycles. The van der Waals surface area contributed by atoms with Crippen molar-refractivity contribution in [3.8, 4) is 11.3 Å². The second-order valence-corrected chi connectivity index (χ2v) is 11.4. The van der Waals surface area contributed by atoms with Gasteiger partial charge in [-0.2, -0.15) is 10.2 Å². The molecule has 1 saturated heterocycles. The minimum atomic E-state index is -0.0858. The Morgan fingerprint density at radius 1 is 1.13 bits per heavy atom. The molecule has 4 heterocycles. The van der Waals surface area contributed by atoms with Crippen LogP contribution in [-0.2, 0) is 5.41 Å². The zero-order valence-corrected chi connectivity index (χ0v) is 21.8. The van der Waals surface area contributed by atoms with E-state index >= 15 is 0 Å². The molecule has 1 N–H and O–H groups in total. The second kappa shape index (κ2) is 7.99. The summed E-state index contributed by atoms with van der Waals surface area (Å²) < 4.78 is 16.8. The lowest BCUT2D eigenvalue weighted by Crippen LogP contribution is -2.32. The van der Waals surface area contributed by atoms with Gasteiger partial charge in [-0.05, 0) is 61.3 Å².